The van der Waals surface area contributed by atoms with Crippen LogP contribution in [0.3, 0.4) is 0 Å². The van der Waals surface area contributed by atoms with Crippen LogP contribution in [0.15, 0.2) is 29.6 Å². The van der Waals surface area contributed by atoms with Crippen molar-refractivity contribution in [2.75, 3.05) is 11.9 Å². The van der Waals surface area contributed by atoms with Crippen molar-refractivity contribution in [1.29, 1.82) is 0 Å². The van der Waals surface area contributed by atoms with Crippen LogP contribution in [0, 0.1) is 0 Å². The summed E-state index contributed by atoms with van der Waals surface area (Å²) in [5.41, 5.74) is 2.19. The van der Waals surface area contributed by atoms with Crippen LogP contribution >= 0.6 is 11.3 Å². The highest BCUT2D eigenvalue weighted by atomic mass is 32.1. The van der Waals surface area contributed by atoms with Crippen molar-refractivity contribution in [3.63, 3.8) is 0 Å². The van der Waals surface area contributed by atoms with Crippen molar-refractivity contribution in [3.05, 3.63) is 45.9 Å². The number of ether oxygens (including phenoxy) is 1. The van der Waals surface area contributed by atoms with Crippen molar-refractivity contribution in [2.45, 2.75) is 46.7 Å². The summed E-state index contributed by atoms with van der Waals surface area (Å²) in [5, 5.41) is 5.34. The molecule has 140 valence electrons. The number of rotatable bonds is 7. The number of carbonyl (C=O) groups is 2. The lowest BCUT2D eigenvalue weighted by atomic mass is 10.1. The SMILES string of the molecule is CCOC(=O)c1csc(CN(C(=O)Nc2ccccc2CC)C(C)C)n1. The summed E-state index contributed by atoms with van der Waals surface area (Å²) in [4.78, 5) is 30.5. The van der Waals surface area contributed by atoms with E-state index in [2.05, 4.69) is 17.2 Å². The highest BCUT2D eigenvalue weighted by Crippen LogP contribution is 2.19. The first kappa shape index (κ1) is 19.9. The number of nitrogens with zero attached hydrogens (tertiary/aromatic N) is 2. The van der Waals surface area contributed by atoms with Crippen molar-refractivity contribution in [1.82, 2.24) is 9.88 Å². The Labute approximate surface area is 158 Å². The molecule has 0 unspecified atom stereocenters. The molecule has 0 aliphatic carbocycles. The van der Waals surface area contributed by atoms with Crippen LogP contribution in [-0.2, 0) is 17.7 Å². The van der Waals surface area contributed by atoms with E-state index in [-0.39, 0.29) is 17.8 Å². The summed E-state index contributed by atoms with van der Waals surface area (Å²) < 4.78 is 4.96. The number of carbonyl (C=O) groups excluding carboxylic acids is 2. The molecule has 0 aliphatic rings. The van der Waals surface area contributed by atoms with E-state index in [4.69, 9.17) is 4.74 Å². The van der Waals surface area contributed by atoms with Gasteiger partial charge in [0.15, 0.2) is 5.69 Å². The molecule has 2 aromatic rings. The predicted molar refractivity (Wildman–Crippen MR) is 104 cm³/mol. The Morgan fingerprint density at radius 3 is 2.65 bits per heavy atom. The fourth-order valence-corrected chi connectivity index (χ4v) is 3.22. The third kappa shape index (κ3) is 5.05. The minimum atomic E-state index is -0.438. The molecule has 6 nitrogen and oxygen atoms in total. The summed E-state index contributed by atoms with van der Waals surface area (Å²) in [5.74, 6) is -0.438. The summed E-state index contributed by atoms with van der Waals surface area (Å²) >= 11 is 1.35. The van der Waals surface area contributed by atoms with Gasteiger partial charge in [-0.1, -0.05) is 25.1 Å². The first-order valence-electron chi connectivity index (χ1n) is 8.73. The minimum Gasteiger partial charge on any atom is -0.461 e. The number of aryl methyl sites for hydroxylation is 1. The standard InChI is InChI=1S/C19H25N3O3S/c1-5-14-9-7-8-10-15(14)21-19(24)22(13(3)4)11-17-20-16(12-26-17)18(23)25-6-2/h7-10,12-13H,5-6,11H2,1-4H3,(H,21,24). The maximum absolute atomic E-state index is 12.8. The van der Waals surface area contributed by atoms with Crippen molar-refractivity contribution >= 4 is 29.0 Å². The zero-order valence-electron chi connectivity index (χ0n) is 15.6. The van der Waals surface area contributed by atoms with Gasteiger partial charge in [0.2, 0.25) is 0 Å². The van der Waals surface area contributed by atoms with E-state index in [1.54, 1.807) is 17.2 Å². The number of thiazole rings is 1. The molecular formula is C19H25N3O3S. The molecule has 0 bridgehead atoms. The van der Waals surface area contributed by atoms with Crippen LogP contribution in [0.2, 0.25) is 0 Å². The molecule has 2 amide bonds. The number of esters is 1. The summed E-state index contributed by atoms with van der Waals surface area (Å²) in [7, 11) is 0. The Hall–Kier alpha value is -2.41. The molecule has 0 atom stereocenters. The molecule has 1 aromatic carbocycles. The zero-order chi connectivity index (χ0) is 19.1. The molecule has 0 radical (unpaired) electrons. The smallest absolute Gasteiger partial charge is 0.357 e. The number of nitrogens with one attached hydrogen (secondary N) is 1. The maximum Gasteiger partial charge on any atom is 0.357 e. The number of para-hydroxylation sites is 1. The first-order chi connectivity index (χ1) is 12.5. The lowest BCUT2D eigenvalue weighted by Gasteiger charge is -2.26. The Morgan fingerprint density at radius 1 is 1.27 bits per heavy atom. The number of hydrogen-bond acceptors (Lipinski definition) is 5. The molecule has 0 aliphatic heterocycles. The second-order valence-electron chi connectivity index (χ2n) is 6.01. The zero-order valence-corrected chi connectivity index (χ0v) is 16.4. The van der Waals surface area contributed by atoms with Crippen molar-refractivity contribution < 1.29 is 14.3 Å². The van der Waals surface area contributed by atoms with E-state index in [9.17, 15) is 9.59 Å². The third-order valence-electron chi connectivity index (χ3n) is 3.87. The van der Waals surface area contributed by atoms with Gasteiger partial charge in [-0.05, 0) is 38.8 Å². The van der Waals surface area contributed by atoms with Crippen LogP contribution in [0.1, 0.15) is 48.8 Å². The fourth-order valence-electron chi connectivity index (χ4n) is 2.45. The maximum atomic E-state index is 12.8. The average Bonchev–Trinajstić information content (AvgIpc) is 3.09. The molecule has 1 aromatic heterocycles. The van der Waals surface area contributed by atoms with Gasteiger partial charge in [-0.3, -0.25) is 0 Å². The number of anilines is 1. The van der Waals surface area contributed by atoms with Gasteiger partial charge in [-0.15, -0.1) is 11.3 Å². The van der Waals surface area contributed by atoms with Gasteiger partial charge >= 0.3 is 12.0 Å². The van der Waals surface area contributed by atoms with Crippen LogP contribution in [0.25, 0.3) is 0 Å². The van der Waals surface area contributed by atoms with Gasteiger partial charge < -0.3 is 15.0 Å². The second-order valence-corrected chi connectivity index (χ2v) is 6.95. The normalized spacial score (nSPS) is 10.7. The van der Waals surface area contributed by atoms with Gasteiger partial charge in [0.1, 0.15) is 5.01 Å². The van der Waals surface area contributed by atoms with E-state index in [1.165, 1.54) is 11.3 Å². The monoisotopic (exact) mass is 375 g/mol. The van der Waals surface area contributed by atoms with Gasteiger partial charge in [-0.25, -0.2) is 14.6 Å². The number of benzene rings is 1. The number of amides is 2. The molecule has 0 fully saturated rings. The fraction of sp³-hybridized carbons (Fsp3) is 0.421. The van der Waals surface area contributed by atoms with Gasteiger partial charge in [0, 0.05) is 17.1 Å². The molecule has 1 N–H and O–H groups in total. The summed E-state index contributed by atoms with van der Waals surface area (Å²) in [6.45, 7) is 8.35. The molecule has 1 heterocycles. The highest BCUT2D eigenvalue weighted by molar-refractivity contribution is 7.09. The van der Waals surface area contributed by atoms with Crippen LogP contribution in [0.5, 0.6) is 0 Å². The Kier molecular flexibility index (Phi) is 7.15. The van der Waals surface area contributed by atoms with Crippen LogP contribution < -0.4 is 5.32 Å². The summed E-state index contributed by atoms with van der Waals surface area (Å²) in [6, 6.07) is 7.56. The molecule has 7 heteroatoms. The number of aromatic nitrogens is 1. The molecule has 26 heavy (non-hydrogen) atoms. The Morgan fingerprint density at radius 2 is 2.00 bits per heavy atom. The molecular weight excluding hydrogens is 350 g/mol. The first-order valence-corrected chi connectivity index (χ1v) is 9.61. The number of hydrogen-bond donors (Lipinski definition) is 1. The van der Waals surface area contributed by atoms with E-state index >= 15 is 0 Å². The lowest BCUT2D eigenvalue weighted by Crippen LogP contribution is -2.39. The minimum absolute atomic E-state index is 0.0151. The molecule has 0 spiro atoms. The van der Waals surface area contributed by atoms with Gasteiger partial charge in [-0.2, -0.15) is 0 Å². The van der Waals surface area contributed by atoms with Crippen molar-refractivity contribution in [2.24, 2.45) is 0 Å². The second kappa shape index (κ2) is 9.33. The van der Waals surface area contributed by atoms with Crippen molar-refractivity contribution in [3.8, 4) is 0 Å². The molecule has 0 saturated carbocycles. The largest absolute Gasteiger partial charge is 0.461 e. The summed E-state index contributed by atoms with van der Waals surface area (Å²) in [6.07, 6.45) is 0.841. The predicted octanol–water partition coefficient (Wildman–Crippen LogP) is 4.32. The number of urea groups is 1. The van der Waals surface area contributed by atoms with Crippen LogP contribution in [0.4, 0.5) is 10.5 Å². The quantitative estimate of drug-likeness (QED) is 0.732. The van der Waals surface area contributed by atoms with E-state index < -0.39 is 5.97 Å². The van der Waals surface area contributed by atoms with Crippen LogP contribution in [-0.4, -0.2) is 34.5 Å². The third-order valence-corrected chi connectivity index (χ3v) is 4.70. The Bertz CT molecular complexity index is 758. The Balaban J connectivity index is 2.11. The van der Waals surface area contributed by atoms with Gasteiger partial charge in [0.05, 0.1) is 13.2 Å². The van der Waals surface area contributed by atoms with Gasteiger partial charge in [0.25, 0.3) is 0 Å². The topological polar surface area (TPSA) is 71.5 Å². The average molecular weight is 375 g/mol. The van der Waals surface area contributed by atoms with E-state index in [1.807, 2.05) is 38.1 Å². The van der Waals surface area contributed by atoms with E-state index in [0.29, 0.717) is 18.2 Å². The molecule has 2 rings (SSSR count). The van der Waals surface area contributed by atoms with E-state index in [0.717, 1.165) is 17.7 Å². The molecule has 0 saturated heterocycles. The highest BCUT2D eigenvalue weighted by Gasteiger charge is 2.21. The lowest BCUT2D eigenvalue weighted by molar-refractivity contribution is 0.0520.